The fraction of sp³-hybridized carbons (Fsp3) is 0.200. The molecule has 0 unspecified atom stereocenters. The summed E-state index contributed by atoms with van der Waals surface area (Å²) in [5, 5.41) is 7.63. The second-order valence-electron chi connectivity index (χ2n) is 6.68. The maximum atomic E-state index is 12.8. The molecule has 0 saturated carbocycles. The number of ether oxygens (including phenoxy) is 1. The standard InChI is InChI=1S/C20H19ClN4O5/c1-20(12-3-5-13(21)6-4-12)17(27)25(19(29)24-20)11-16(26)23-18(28)22-14-7-9-15(30-2)10-8-14/h3-10H,11H2,1-2H3,(H,24,29)(H2,22,23,26,28)/t20-/m0/s1. The monoisotopic (exact) mass is 430 g/mol. The molecule has 9 nitrogen and oxygen atoms in total. The van der Waals surface area contributed by atoms with Crippen molar-refractivity contribution in [3.05, 3.63) is 59.1 Å². The minimum absolute atomic E-state index is 0.436. The molecule has 0 aliphatic carbocycles. The number of benzene rings is 2. The average Bonchev–Trinajstić information content (AvgIpc) is 2.92. The summed E-state index contributed by atoms with van der Waals surface area (Å²) in [7, 11) is 1.52. The molecule has 1 heterocycles. The number of nitrogens with one attached hydrogen (secondary N) is 3. The van der Waals surface area contributed by atoms with Crippen LogP contribution < -0.4 is 20.7 Å². The van der Waals surface area contributed by atoms with E-state index in [0.717, 1.165) is 4.90 Å². The van der Waals surface area contributed by atoms with Gasteiger partial charge in [0.2, 0.25) is 5.91 Å². The van der Waals surface area contributed by atoms with Gasteiger partial charge in [0.15, 0.2) is 0 Å². The average molecular weight is 431 g/mol. The smallest absolute Gasteiger partial charge is 0.325 e. The van der Waals surface area contributed by atoms with Gasteiger partial charge in [0, 0.05) is 10.7 Å². The summed E-state index contributed by atoms with van der Waals surface area (Å²) < 4.78 is 5.02. The van der Waals surface area contributed by atoms with E-state index in [1.165, 1.54) is 14.0 Å². The van der Waals surface area contributed by atoms with Crippen LogP contribution in [0.25, 0.3) is 0 Å². The summed E-state index contributed by atoms with van der Waals surface area (Å²) in [6, 6.07) is 11.4. The van der Waals surface area contributed by atoms with Crippen LogP contribution in [0.3, 0.4) is 0 Å². The number of methoxy groups -OCH3 is 1. The normalized spacial score (nSPS) is 18.0. The lowest BCUT2D eigenvalue weighted by Gasteiger charge is -2.22. The minimum atomic E-state index is -1.34. The highest BCUT2D eigenvalue weighted by Crippen LogP contribution is 2.29. The van der Waals surface area contributed by atoms with Crippen molar-refractivity contribution in [1.82, 2.24) is 15.5 Å². The summed E-state index contributed by atoms with van der Waals surface area (Å²) in [4.78, 5) is 50.1. The van der Waals surface area contributed by atoms with E-state index in [9.17, 15) is 19.2 Å². The molecule has 0 spiro atoms. The van der Waals surface area contributed by atoms with Gasteiger partial charge in [0.1, 0.15) is 17.8 Å². The van der Waals surface area contributed by atoms with Crippen molar-refractivity contribution < 1.29 is 23.9 Å². The van der Waals surface area contributed by atoms with Crippen molar-refractivity contribution in [2.45, 2.75) is 12.5 Å². The summed E-state index contributed by atoms with van der Waals surface area (Å²) >= 11 is 5.87. The number of imide groups is 2. The lowest BCUT2D eigenvalue weighted by Crippen LogP contribution is -2.45. The van der Waals surface area contributed by atoms with Crippen molar-refractivity contribution in [2.24, 2.45) is 0 Å². The molecule has 3 N–H and O–H groups in total. The second-order valence-corrected chi connectivity index (χ2v) is 7.12. The number of rotatable bonds is 5. The van der Waals surface area contributed by atoms with Crippen LogP contribution in [-0.4, -0.2) is 42.4 Å². The van der Waals surface area contributed by atoms with Gasteiger partial charge in [0.05, 0.1) is 7.11 Å². The Kier molecular flexibility index (Phi) is 5.93. The molecular weight excluding hydrogens is 412 g/mol. The number of nitrogens with zero attached hydrogens (tertiary/aromatic N) is 1. The molecule has 1 aliphatic heterocycles. The summed E-state index contributed by atoms with van der Waals surface area (Å²) in [6.45, 7) is 0.925. The van der Waals surface area contributed by atoms with Crippen molar-refractivity contribution in [3.63, 3.8) is 0 Å². The van der Waals surface area contributed by atoms with Gasteiger partial charge in [-0.1, -0.05) is 23.7 Å². The Morgan fingerprint density at radius 1 is 1.10 bits per heavy atom. The van der Waals surface area contributed by atoms with Crippen LogP contribution in [-0.2, 0) is 15.1 Å². The fourth-order valence-electron chi connectivity index (χ4n) is 2.97. The first-order valence-electron chi connectivity index (χ1n) is 8.88. The number of amides is 6. The predicted octanol–water partition coefficient (Wildman–Crippen LogP) is 2.46. The number of carbonyl (C=O) groups excluding carboxylic acids is 4. The Hall–Kier alpha value is -3.59. The molecule has 1 atom stereocenters. The molecule has 1 fully saturated rings. The zero-order chi connectivity index (χ0) is 21.9. The Bertz CT molecular complexity index is 993. The van der Waals surface area contributed by atoms with Gasteiger partial charge in [-0.2, -0.15) is 0 Å². The third-order valence-corrected chi connectivity index (χ3v) is 4.85. The number of carbonyl (C=O) groups is 4. The van der Waals surface area contributed by atoms with Crippen molar-refractivity contribution in [3.8, 4) is 5.75 Å². The van der Waals surface area contributed by atoms with Crippen LogP contribution in [0.1, 0.15) is 12.5 Å². The quantitative estimate of drug-likeness (QED) is 0.630. The molecule has 156 valence electrons. The molecule has 0 radical (unpaired) electrons. The van der Waals surface area contributed by atoms with Gasteiger partial charge in [-0.25, -0.2) is 9.59 Å². The zero-order valence-corrected chi connectivity index (χ0v) is 16.9. The van der Waals surface area contributed by atoms with Gasteiger partial charge in [-0.3, -0.25) is 19.8 Å². The molecule has 1 aliphatic rings. The van der Waals surface area contributed by atoms with Crippen LogP contribution in [0.2, 0.25) is 5.02 Å². The molecular formula is C20H19ClN4O5. The molecule has 1 saturated heterocycles. The lowest BCUT2D eigenvalue weighted by molar-refractivity contribution is -0.134. The molecule has 30 heavy (non-hydrogen) atoms. The molecule has 0 bridgehead atoms. The number of halogens is 1. The third kappa shape index (κ3) is 4.36. The van der Waals surface area contributed by atoms with Gasteiger partial charge in [-0.05, 0) is 48.9 Å². The topological polar surface area (TPSA) is 117 Å². The molecule has 6 amide bonds. The highest BCUT2D eigenvalue weighted by molar-refractivity contribution is 6.30. The molecule has 2 aromatic rings. The highest BCUT2D eigenvalue weighted by atomic mass is 35.5. The molecule has 10 heteroatoms. The minimum Gasteiger partial charge on any atom is -0.497 e. The van der Waals surface area contributed by atoms with Crippen LogP contribution in [0.4, 0.5) is 15.3 Å². The van der Waals surface area contributed by atoms with Crippen molar-refractivity contribution in [2.75, 3.05) is 19.0 Å². The SMILES string of the molecule is COc1ccc(NC(=O)NC(=O)CN2C(=O)N[C@@](C)(c3ccc(Cl)cc3)C2=O)cc1. The van der Waals surface area contributed by atoms with Gasteiger partial charge >= 0.3 is 12.1 Å². The maximum Gasteiger partial charge on any atom is 0.325 e. The Balaban J connectivity index is 1.61. The maximum absolute atomic E-state index is 12.8. The molecule has 2 aromatic carbocycles. The Morgan fingerprint density at radius 2 is 1.73 bits per heavy atom. The van der Waals surface area contributed by atoms with E-state index in [-0.39, 0.29) is 0 Å². The summed E-state index contributed by atoms with van der Waals surface area (Å²) in [5.74, 6) is -0.815. The van der Waals surface area contributed by atoms with Crippen LogP contribution in [0, 0.1) is 0 Å². The zero-order valence-electron chi connectivity index (χ0n) is 16.2. The fourth-order valence-corrected chi connectivity index (χ4v) is 3.09. The number of hydrogen-bond acceptors (Lipinski definition) is 5. The summed E-state index contributed by atoms with van der Waals surface area (Å²) in [6.07, 6.45) is 0. The second kappa shape index (κ2) is 8.42. The lowest BCUT2D eigenvalue weighted by atomic mass is 9.92. The van der Waals surface area contributed by atoms with Crippen LogP contribution in [0.5, 0.6) is 5.75 Å². The van der Waals surface area contributed by atoms with E-state index in [4.69, 9.17) is 16.3 Å². The van der Waals surface area contributed by atoms with Crippen molar-refractivity contribution >= 4 is 41.2 Å². The van der Waals surface area contributed by atoms with Crippen LogP contribution >= 0.6 is 11.6 Å². The van der Waals surface area contributed by atoms with Gasteiger partial charge < -0.3 is 15.4 Å². The Labute approximate surface area is 177 Å². The molecule has 3 rings (SSSR count). The highest BCUT2D eigenvalue weighted by Gasteiger charge is 2.49. The van der Waals surface area contributed by atoms with Crippen LogP contribution in [0.15, 0.2) is 48.5 Å². The summed E-state index contributed by atoms with van der Waals surface area (Å²) in [5.41, 5.74) is -0.385. The first kappa shape index (κ1) is 21.1. The van der Waals surface area contributed by atoms with E-state index in [0.29, 0.717) is 22.0 Å². The predicted molar refractivity (Wildman–Crippen MR) is 109 cm³/mol. The number of anilines is 1. The number of hydrogen-bond donors (Lipinski definition) is 3. The third-order valence-electron chi connectivity index (χ3n) is 4.60. The van der Waals surface area contributed by atoms with E-state index in [1.807, 2.05) is 0 Å². The Morgan fingerprint density at radius 3 is 2.33 bits per heavy atom. The first-order chi connectivity index (χ1) is 14.2. The van der Waals surface area contributed by atoms with E-state index < -0.39 is 36.0 Å². The van der Waals surface area contributed by atoms with E-state index in [1.54, 1.807) is 48.5 Å². The van der Waals surface area contributed by atoms with E-state index in [2.05, 4.69) is 16.0 Å². The number of urea groups is 2. The van der Waals surface area contributed by atoms with Crippen molar-refractivity contribution in [1.29, 1.82) is 0 Å². The van der Waals surface area contributed by atoms with Gasteiger partial charge in [-0.15, -0.1) is 0 Å². The molecule has 0 aromatic heterocycles. The first-order valence-corrected chi connectivity index (χ1v) is 9.26. The van der Waals surface area contributed by atoms with Gasteiger partial charge in [0.25, 0.3) is 5.91 Å². The van der Waals surface area contributed by atoms with E-state index >= 15 is 0 Å². The largest absolute Gasteiger partial charge is 0.497 e.